The summed E-state index contributed by atoms with van der Waals surface area (Å²) in [6.45, 7) is 1.83. The summed E-state index contributed by atoms with van der Waals surface area (Å²) in [5.74, 6) is -0.952. The van der Waals surface area contributed by atoms with E-state index in [4.69, 9.17) is 11.6 Å². The first-order valence-electron chi connectivity index (χ1n) is 7.86. The topological polar surface area (TPSA) is 91.8 Å². The number of aryl methyl sites for hydroxylation is 1. The standard InChI is InChI=1S/C17H18ClNO5S2/c1-12-6-8-13(9-7-12)26(23,24)19(15-5-3-2-4-14(15)18)16-10-25(21,22)11-17(16)20/h2-9,16-17,20H,10-11H2,1H3. The number of rotatable bonds is 4. The fourth-order valence-electron chi connectivity index (χ4n) is 2.98. The molecule has 0 spiro atoms. The van der Waals surface area contributed by atoms with E-state index in [2.05, 4.69) is 0 Å². The lowest BCUT2D eigenvalue weighted by Crippen LogP contribution is -2.47. The summed E-state index contributed by atoms with van der Waals surface area (Å²) >= 11 is 6.20. The number of halogens is 1. The van der Waals surface area contributed by atoms with Gasteiger partial charge in [-0.15, -0.1) is 0 Å². The summed E-state index contributed by atoms with van der Waals surface area (Å²) in [7, 11) is -7.69. The number of benzene rings is 2. The van der Waals surface area contributed by atoms with Gasteiger partial charge in [0.2, 0.25) is 0 Å². The van der Waals surface area contributed by atoms with Gasteiger partial charge in [-0.2, -0.15) is 0 Å². The predicted octanol–water partition coefficient (Wildman–Crippen LogP) is 2.00. The first-order chi connectivity index (χ1) is 12.1. The van der Waals surface area contributed by atoms with Gasteiger partial charge in [0, 0.05) is 0 Å². The van der Waals surface area contributed by atoms with Crippen LogP contribution in [-0.4, -0.2) is 45.6 Å². The summed E-state index contributed by atoms with van der Waals surface area (Å²) in [5.41, 5.74) is 1.02. The highest BCUT2D eigenvalue weighted by molar-refractivity contribution is 7.93. The maximum atomic E-state index is 13.3. The zero-order valence-corrected chi connectivity index (χ0v) is 16.3. The number of sulfonamides is 1. The molecule has 2 atom stereocenters. The second-order valence-electron chi connectivity index (χ2n) is 6.28. The molecule has 2 unspecified atom stereocenters. The Hall–Kier alpha value is -1.61. The zero-order chi connectivity index (χ0) is 19.1. The summed E-state index contributed by atoms with van der Waals surface area (Å²) < 4.78 is 51.5. The minimum atomic E-state index is -4.14. The largest absolute Gasteiger partial charge is 0.390 e. The molecular weight excluding hydrogens is 398 g/mol. The molecule has 0 aromatic heterocycles. The highest BCUT2D eigenvalue weighted by Gasteiger charge is 2.45. The van der Waals surface area contributed by atoms with Crippen molar-refractivity contribution >= 4 is 37.1 Å². The molecule has 2 aromatic carbocycles. The van der Waals surface area contributed by atoms with Crippen LogP contribution in [-0.2, 0) is 19.9 Å². The molecule has 1 saturated heterocycles. The number of sulfone groups is 1. The summed E-state index contributed by atoms with van der Waals surface area (Å²) in [6.07, 6.45) is -1.34. The Kier molecular flexibility index (Phi) is 5.04. The third kappa shape index (κ3) is 3.59. The van der Waals surface area contributed by atoms with Crippen molar-refractivity contribution < 1.29 is 21.9 Å². The molecule has 1 N–H and O–H groups in total. The van der Waals surface area contributed by atoms with Crippen molar-refractivity contribution in [3.8, 4) is 0 Å². The molecule has 0 saturated carbocycles. The van der Waals surface area contributed by atoms with E-state index in [0.29, 0.717) is 0 Å². The lowest BCUT2D eigenvalue weighted by molar-refractivity contribution is 0.184. The third-order valence-corrected chi connectivity index (χ3v) is 8.13. The predicted molar refractivity (Wildman–Crippen MR) is 101 cm³/mol. The van der Waals surface area contributed by atoms with Crippen molar-refractivity contribution in [2.45, 2.75) is 24.0 Å². The van der Waals surface area contributed by atoms with Crippen molar-refractivity contribution in [2.24, 2.45) is 0 Å². The average molecular weight is 416 g/mol. The molecule has 3 rings (SSSR count). The normalized spacial score (nSPS) is 22.3. The fourth-order valence-corrected chi connectivity index (χ4v) is 6.81. The van der Waals surface area contributed by atoms with Gasteiger partial charge in [0.25, 0.3) is 10.0 Å². The molecule has 26 heavy (non-hydrogen) atoms. The van der Waals surface area contributed by atoms with Crippen molar-refractivity contribution in [2.75, 3.05) is 15.8 Å². The quantitative estimate of drug-likeness (QED) is 0.824. The number of aliphatic hydroxyl groups is 1. The van der Waals surface area contributed by atoms with E-state index in [1.54, 1.807) is 24.3 Å². The Labute approximate surface area is 158 Å². The Morgan fingerprint density at radius 3 is 2.23 bits per heavy atom. The van der Waals surface area contributed by atoms with Crippen LogP contribution in [0, 0.1) is 6.92 Å². The maximum Gasteiger partial charge on any atom is 0.264 e. The SMILES string of the molecule is Cc1ccc(S(=O)(=O)N(c2ccccc2Cl)C2CS(=O)(=O)CC2O)cc1. The van der Waals surface area contributed by atoms with Gasteiger partial charge in [0.15, 0.2) is 9.84 Å². The minimum Gasteiger partial charge on any atom is -0.390 e. The molecule has 140 valence electrons. The molecule has 0 bridgehead atoms. The summed E-state index contributed by atoms with van der Waals surface area (Å²) in [5, 5.41) is 10.4. The monoisotopic (exact) mass is 415 g/mol. The lowest BCUT2D eigenvalue weighted by Gasteiger charge is -2.32. The fraction of sp³-hybridized carbons (Fsp3) is 0.294. The first kappa shape index (κ1) is 19.2. The van der Waals surface area contributed by atoms with Gasteiger partial charge in [-0.1, -0.05) is 41.4 Å². The molecule has 1 fully saturated rings. The molecule has 1 aliphatic heterocycles. The minimum absolute atomic E-state index is 0.000447. The van der Waals surface area contributed by atoms with Crippen LogP contribution >= 0.6 is 11.6 Å². The molecule has 1 aliphatic rings. The zero-order valence-electron chi connectivity index (χ0n) is 13.9. The van der Waals surface area contributed by atoms with Crippen molar-refractivity contribution in [3.05, 3.63) is 59.1 Å². The van der Waals surface area contributed by atoms with Crippen LogP contribution in [0.3, 0.4) is 0 Å². The molecule has 1 heterocycles. The van der Waals surface area contributed by atoms with Crippen LogP contribution in [0.4, 0.5) is 5.69 Å². The van der Waals surface area contributed by atoms with E-state index in [0.717, 1.165) is 9.87 Å². The van der Waals surface area contributed by atoms with Gasteiger partial charge in [-0.3, -0.25) is 4.31 Å². The smallest absolute Gasteiger partial charge is 0.264 e. The van der Waals surface area contributed by atoms with Crippen LogP contribution in [0.15, 0.2) is 53.4 Å². The van der Waals surface area contributed by atoms with Gasteiger partial charge >= 0.3 is 0 Å². The summed E-state index contributed by atoms with van der Waals surface area (Å²) in [6, 6.07) is 11.3. The Morgan fingerprint density at radius 2 is 1.69 bits per heavy atom. The Morgan fingerprint density at radius 1 is 1.08 bits per heavy atom. The second-order valence-corrected chi connectivity index (χ2v) is 10.7. The first-order valence-corrected chi connectivity index (χ1v) is 11.5. The highest BCUT2D eigenvalue weighted by Crippen LogP contribution is 2.35. The van der Waals surface area contributed by atoms with E-state index < -0.39 is 43.5 Å². The van der Waals surface area contributed by atoms with Crippen LogP contribution in [0.2, 0.25) is 5.02 Å². The van der Waals surface area contributed by atoms with Crippen LogP contribution < -0.4 is 4.31 Å². The molecule has 9 heteroatoms. The van der Waals surface area contributed by atoms with E-state index in [1.807, 2.05) is 6.92 Å². The van der Waals surface area contributed by atoms with Gasteiger partial charge in [0.05, 0.1) is 39.3 Å². The number of hydrogen-bond acceptors (Lipinski definition) is 5. The van der Waals surface area contributed by atoms with E-state index >= 15 is 0 Å². The van der Waals surface area contributed by atoms with Crippen LogP contribution in [0.25, 0.3) is 0 Å². The lowest BCUT2D eigenvalue weighted by atomic mass is 10.2. The number of anilines is 1. The van der Waals surface area contributed by atoms with Crippen LogP contribution in [0.5, 0.6) is 0 Å². The van der Waals surface area contributed by atoms with E-state index in [1.165, 1.54) is 24.3 Å². The van der Waals surface area contributed by atoms with Gasteiger partial charge in [-0.25, -0.2) is 16.8 Å². The average Bonchev–Trinajstić information content (AvgIpc) is 2.82. The van der Waals surface area contributed by atoms with Crippen molar-refractivity contribution in [1.82, 2.24) is 0 Å². The molecular formula is C17H18ClNO5S2. The van der Waals surface area contributed by atoms with E-state index in [-0.39, 0.29) is 15.6 Å². The highest BCUT2D eigenvalue weighted by atomic mass is 35.5. The summed E-state index contributed by atoms with van der Waals surface area (Å²) in [4.78, 5) is -0.000447. The van der Waals surface area contributed by atoms with Crippen molar-refractivity contribution in [1.29, 1.82) is 0 Å². The Bertz CT molecular complexity index is 1020. The molecule has 2 aromatic rings. The Balaban J connectivity index is 2.18. The van der Waals surface area contributed by atoms with Gasteiger partial charge in [0.1, 0.15) is 0 Å². The van der Waals surface area contributed by atoms with Crippen LogP contribution in [0.1, 0.15) is 5.56 Å². The van der Waals surface area contributed by atoms with Crippen molar-refractivity contribution in [3.63, 3.8) is 0 Å². The molecule has 0 aliphatic carbocycles. The molecule has 6 nitrogen and oxygen atoms in total. The number of aliphatic hydroxyl groups excluding tert-OH is 1. The number of nitrogens with zero attached hydrogens (tertiary/aromatic N) is 1. The number of para-hydroxylation sites is 1. The number of hydrogen-bond donors (Lipinski definition) is 1. The van der Waals surface area contributed by atoms with Gasteiger partial charge in [-0.05, 0) is 31.2 Å². The van der Waals surface area contributed by atoms with E-state index in [9.17, 15) is 21.9 Å². The third-order valence-electron chi connectivity index (χ3n) is 4.26. The second kappa shape index (κ2) is 6.84. The maximum absolute atomic E-state index is 13.3. The molecule has 0 radical (unpaired) electrons. The molecule has 0 amide bonds. The van der Waals surface area contributed by atoms with Gasteiger partial charge < -0.3 is 5.11 Å².